The van der Waals surface area contributed by atoms with E-state index in [0.29, 0.717) is 29.0 Å². The highest BCUT2D eigenvalue weighted by Crippen LogP contribution is 2.66. The summed E-state index contributed by atoms with van der Waals surface area (Å²) in [4.78, 5) is 12.5. The minimum absolute atomic E-state index is 0.00172. The van der Waals surface area contributed by atoms with Gasteiger partial charge in [0.1, 0.15) is 5.78 Å². The van der Waals surface area contributed by atoms with Crippen molar-refractivity contribution < 1.29 is 9.90 Å². The Morgan fingerprint density at radius 3 is 2.55 bits per heavy atom. The van der Waals surface area contributed by atoms with Gasteiger partial charge in [0.05, 0.1) is 6.10 Å². The maximum Gasteiger partial charge on any atom is 0.139 e. The lowest BCUT2D eigenvalue weighted by Gasteiger charge is -2.62. The van der Waals surface area contributed by atoms with Crippen molar-refractivity contribution >= 4 is 5.78 Å². The molecule has 1 N–H and O–H groups in total. The number of fused-ring (bicyclic) bond motifs is 5. The van der Waals surface area contributed by atoms with Crippen LogP contribution < -0.4 is 0 Å². The number of Topliss-reactive ketones (excluding diaryl/α,β-unsaturated/α-hetero) is 1. The van der Waals surface area contributed by atoms with E-state index in [2.05, 4.69) is 20.8 Å². The van der Waals surface area contributed by atoms with Gasteiger partial charge >= 0.3 is 0 Å². The molecule has 2 heteroatoms. The van der Waals surface area contributed by atoms with Crippen molar-refractivity contribution in [1.29, 1.82) is 0 Å². The fourth-order valence-corrected chi connectivity index (χ4v) is 7.49. The number of aliphatic hydroxyl groups excluding tert-OH is 1. The third-order valence-electron chi connectivity index (χ3n) is 8.71. The van der Waals surface area contributed by atoms with Crippen molar-refractivity contribution in [3.05, 3.63) is 0 Å². The summed E-state index contributed by atoms with van der Waals surface area (Å²) in [5, 5.41) is 10.2. The number of hydrogen-bond acceptors (Lipinski definition) is 2. The van der Waals surface area contributed by atoms with Crippen molar-refractivity contribution in [2.45, 2.75) is 78.2 Å². The second-order valence-electron chi connectivity index (χ2n) is 9.55. The average Bonchev–Trinajstić information content (AvgIpc) is 2.77. The molecule has 4 aliphatic carbocycles. The first-order valence-electron chi connectivity index (χ1n) is 9.57. The molecule has 22 heavy (non-hydrogen) atoms. The van der Waals surface area contributed by atoms with Crippen LogP contribution in [0, 0.1) is 40.4 Å². The quantitative estimate of drug-likeness (QED) is 0.728. The largest absolute Gasteiger partial charge is 0.393 e. The third kappa shape index (κ3) is 1.85. The van der Waals surface area contributed by atoms with Crippen LogP contribution in [0.1, 0.15) is 72.1 Å². The molecule has 124 valence electrons. The number of ketones is 1. The van der Waals surface area contributed by atoms with E-state index in [1.54, 1.807) is 0 Å². The fourth-order valence-electron chi connectivity index (χ4n) is 7.49. The molecule has 0 amide bonds. The van der Waals surface area contributed by atoms with E-state index >= 15 is 0 Å². The molecule has 4 fully saturated rings. The van der Waals surface area contributed by atoms with Gasteiger partial charge in [0, 0.05) is 11.8 Å². The van der Waals surface area contributed by atoms with Crippen LogP contribution in [0.5, 0.6) is 0 Å². The molecule has 0 bridgehead atoms. The highest BCUT2D eigenvalue weighted by Gasteiger charge is 2.61. The van der Waals surface area contributed by atoms with Crippen LogP contribution >= 0.6 is 0 Å². The van der Waals surface area contributed by atoms with E-state index in [9.17, 15) is 9.90 Å². The number of carbonyl (C=O) groups excluding carboxylic acids is 1. The molecule has 4 saturated carbocycles. The molecule has 8 atom stereocenters. The van der Waals surface area contributed by atoms with Gasteiger partial charge in [-0.25, -0.2) is 0 Å². The summed E-state index contributed by atoms with van der Waals surface area (Å²) in [6, 6.07) is 0. The first-order chi connectivity index (χ1) is 10.4. The molecule has 3 unspecified atom stereocenters. The minimum atomic E-state index is -0.0704. The molecule has 0 radical (unpaired) electrons. The van der Waals surface area contributed by atoms with Gasteiger partial charge in [-0.15, -0.1) is 0 Å². The van der Waals surface area contributed by atoms with Crippen LogP contribution in [0.15, 0.2) is 0 Å². The van der Waals surface area contributed by atoms with Crippen LogP contribution in [0.2, 0.25) is 0 Å². The van der Waals surface area contributed by atoms with E-state index in [4.69, 9.17) is 0 Å². The highest BCUT2D eigenvalue weighted by molar-refractivity contribution is 5.87. The molecule has 0 aliphatic heterocycles. The van der Waals surface area contributed by atoms with E-state index in [1.807, 2.05) is 0 Å². The third-order valence-corrected chi connectivity index (χ3v) is 8.71. The monoisotopic (exact) mass is 304 g/mol. The maximum atomic E-state index is 12.5. The maximum absolute atomic E-state index is 12.5. The van der Waals surface area contributed by atoms with E-state index in [0.717, 1.165) is 43.9 Å². The van der Waals surface area contributed by atoms with Crippen LogP contribution in [0.4, 0.5) is 0 Å². The molecule has 4 rings (SSSR count). The highest BCUT2D eigenvalue weighted by atomic mass is 16.3. The lowest BCUT2D eigenvalue weighted by atomic mass is 9.43. The molecule has 0 aromatic carbocycles. The smallest absolute Gasteiger partial charge is 0.139 e. The van der Waals surface area contributed by atoms with Crippen molar-refractivity contribution in [2.24, 2.45) is 40.4 Å². The zero-order chi connectivity index (χ0) is 15.7. The van der Waals surface area contributed by atoms with Crippen molar-refractivity contribution in [3.8, 4) is 0 Å². The second kappa shape index (κ2) is 4.82. The Balaban J connectivity index is 1.68. The van der Waals surface area contributed by atoms with Gasteiger partial charge in [-0.05, 0) is 80.0 Å². The van der Waals surface area contributed by atoms with Gasteiger partial charge in [0.2, 0.25) is 0 Å². The molecule has 2 nitrogen and oxygen atoms in total. The Bertz CT molecular complexity index is 486. The van der Waals surface area contributed by atoms with Gasteiger partial charge in [-0.3, -0.25) is 4.79 Å². The standard InChI is InChI=1S/C20H32O2/c1-12-10-14-15-4-5-18(22)20(15,3)9-7-16(14)19(2)8-6-13(21)11-17(12)19/h12-17,21H,4-11H2,1-3H3/t12?,13?,14-,15-,16+,17?,19+,20-/m0/s1. The van der Waals surface area contributed by atoms with E-state index in [1.165, 1.54) is 19.3 Å². The Labute approximate surface area is 135 Å². The van der Waals surface area contributed by atoms with Gasteiger partial charge in [-0.1, -0.05) is 20.8 Å². The lowest BCUT2D eigenvalue weighted by Crippen LogP contribution is -2.56. The molecule has 0 aromatic rings. The number of rotatable bonds is 0. The van der Waals surface area contributed by atoms with Crippen LogP contribution in [-0.2, 0) is 4.79 Å². The lowest BCUT2D eigenvalue weighted by molar-refractivity contribution is -0.152. The summed E-state index contributed by atoms with van der Waals surface area (Å²) in [5.41, 5.74) is 0.410. The van der Waals surface area contributed by atoms with Gasteiger partial charge in [0.25, 0.3) is 0 Å². The first-order valence-corrected chi connectivity index (χ1v) is 9.57. The molecular weight excluding hydrogens is 272 g/mol. The summed E-state index contributed by atoms with van der Waals surface area (Å²) in [5.74, 6) is 4.15. The first kappa shape index (κ1) is 15.2. The topological polar surface area (TPSA) is 37.3 Å². The van der Waals surface area contributed by atoms with Crippen molar-refractivity contribution in [2.75, 3.05) is 0 Å². The van der Waals surface area contributed by atoms with E-state index in [-0.39, 0.29) is 11.5 Å². The van der Waals surface area contributed by atoms with Gasteiger partial charge < -0.3 is 5.11 Å². The summed E-state index contributed by atoms with van der Waals surface area (Å²) in [7, 11) is 0. The summed E-state index contributed by atoms with van der Waals surface area (Å²) >= 11 is 0. The zero-order valence-electron chi connectivity index (χ0n) is 14.5. The molecule has 0 aromatic heterocycles. The summed E-state index contributed by atoms with van der Waals surface area (Å²) < 4.78 is 0. The number of aliphatic hydroxyl groups is 1. The number of hydrogen-bond donors (Lipinski definition) is 1. The SMILES string of the molecule is CC1C[C@@H]2[C@@H](CC[C@]3(C)C(=O)CC[C@@H]23)[C@@]2(C)CCC(O)CC12. The second-order valence-corrected chi connectivity index (χ2v) is 9.55. The predicted octanol–water partition coefficient (Wildman–Crippen LogP) is 4.21. The van der Waals surface area contributed by atoms with Crippen LogP contribution in [0.25, 0.3) is 0 Å². The zero-order valence-corrected chi connectivity index (χ0v) is 14.5. The minimum Gasteiger partial charge on any atom is -0.393 e. The molecule has 0 heterocycles. The van der Waals surface area contributed by atoms with E-state index < -0.39 is 0 Å². The van der Waals surface area contributed by atoms with Crippen molar-refractivity contribution in [1.82, 2.24) is 0 Å². The molecule has 4 aliphatic rings. The average molecular weight is 304 g/mol. The Morgan fingerprint density at radius 2 is 1.77 bits per heavy atom. The van der Waals surface area contributed by atoms with Gasteiger partial charge in [0.15, 0.2) is 0 Å². The normalized spacial score (nSPS) is 57.9. The Morgan fingerprint density at radius 1 is 1.00 bits per heavy atom. The molecule has 0 saturated heterocycles. The fraction of sp³-hybridized carbons (Fsp3) is 0.950. The summed E-state index contributed by atoms with van der Waals surface area (Å²) in [6.45, 7) is 7.21. The Hall–Kier alpha value is -0.370. The van der Waals surface area contributed by atoms with Crippen molar-refractivity contribution in [3.63, 3.8) is 0 Å². The molecular formula is C20H32O2. The predicted molar refractivity (Wildman–Crippen MR) is 87.3 cm³/mol. The van der Waals surface area contributed by atoms with Crippen LogP contribution in [0.3, 0.4) is 0 Å². The molecule has 0 spiro atoms. The van der Waals surface area contributed by atoms with Crippen LogP contribution in [-0.4, -0.2) is 17.0 Å². The number of carbonyl (C=O) groups is 1. The van der Waals surface area contributed by atoms with Gasteiger partial charge in [-0.2, -0.15) is 0 Å². The Kier molecular flexibility index (Phi) is 3.32. The summed E-state index contributed by atoms with van der Waals surface area (Å²) in [6.07, 6.45) is 8.78.